The first-order valence-corrected chi connectivity index (χ1v) is 6.94. The highest BCUT2D eigenvalue weighted by Gasteiger charge is 2.15. The first-order chi connectivity index (χ1) is 9.49. The summed E-state index contributed by atoms with van der Waals surface area (Å²) in [6.45, 7) is 0. The number of hydrogen-bond donors (Lipinski definition) is 1. The highest BCUT2D eigenvalue weighted by molar-refractivity contribution is 14.1. The molecule has 0 saturated heterocycles. The van der Waals surface area contributed by atoms with E-state index in [-0.39, 0.29) is 16.6 Å². The average molecular weight is 403 g/mol. The van der Waals surface area contributed by atoms with Crippen LogP contribution in [-0.4, -0.2) is 10.8 Å². The van der Waals surface area contributed by atoms with Crippen LogP contribution in [-0.2, 0) is 0 Å². The number of amides is 1. The second kappa shape index (κ2) is 6.19. The maximum atomic E-state index is 12.1. The molecule has 0 aliphatic rings. The highest BCUT2D eigenvalue weighted by atomic mass is 127. The van der Waals surface area contributed by atoms with Gasteiger partial charge in [0.05, 0.1) is 10.5 Å². The minimum atomic E-state index is -0.593. The van der Waals surface area contributed by atoms with Crippen molar-refractivity contribution in [1.82, 2.24) is 0 Å². The Morgan fingerprint density at radius 3 is 2.60 bits per heavy atom. The molecular formula is C13H8ClIN2O3. The Balaban J connectivity index is 2.27. The predicted molar refractivity (Wildman–Crippen MR) is 85.2 cm³/mol. The van der Waals surface area contributed by atoms with E-state index in [9.17, 15) is 14.9 Å². The lowest BCUT2D eigenvalue weighted by Crippen LogP contribution is -2.13. The molecule has 2 aromatic carbocycles. The summed E-state index contributed by atoms with van der Waals surface area (Å²) in [4.78, 5) is 22.3. The number of hydrogen-bond acceptors (Lipinski definition) is 3. The van der Waals surface area contributed by atoms with Crippen molar-refractivity contribution in [1.29, 1.82) is 0 Å². The van der Waals surface area contributed by atoms with Gasteiger partial charge in [-0.1, -0.05) is 23.7 Å². The summed E-state index contributed by atoms with van der Waals surface area (Å²) in [6.07, 6.45) is 0. The number of rotatable bonds is 3. The van der Waals surface area contributed by atoms with Crippen LogP contribution in [0.3, 0.4) is 0 Å². The molecule has 0 bridgehead atoms. The van der Waals surface area contributed by atoms with Crippen LogP contribution in [0.25, 0.3) is 0 Å². The second-order valence-corrected chi connectivity index (χ2v) is 5.43. The van der Waals surface area contributed by atoms with Crippen LogP contribution in [0, 0.1) is 13.7 Å². The van der Waals surface area contributed by atoms with Gasteiger partial charge in [-0.2, -0.15) is 0 Å². The van der Waals surface area contributed by atoms with Gasteiger partial charge in [0.15, 0.2) is 0 Å². The molecule has 0 unspecified atom stereocenters. The Kier molecular flexibility index (Phi) is 4.56. The van der Waals surface area contributed by atoms with E-state index in [1.54, 1.807) is 18.2 Å². The van der Waals surface area contributed by atoms with Crippen LogP contribution in [0.5, 0.6) is 0 Å². The molecule has 1 N–H and O–H groups in total. The standard InChI is InChI=1S/C13H8ClIN2O3/c14-10-6-5-8(7-12(10)17(19)20)16-13(18)9-3-1-2-4-11(9)15/h1-7H,(H,16,18). The van der Waals surface area contributed by atoms with Crippen LogP contribution < -0.4 is 5.32 Å². The van der Waals surface area contributed by atoms with Crippen LogP contribution in [0.1, 0.15) is 10.4 Å². The van der Waals surface area contributed by atoms with E-state index in [0.717, 1.165) is 3.57 Å². The molecule has 0 radical (unpaired) electrons. The van der Waals surface area contributed by atoms with Crippen molar-refractivity contribution < 1.29 is 9.72 Å². The van der Waals surface area contributed by atoms with Crippen molar-refractivity contribution >= 4 is 51.5 Å². The molecule has 20 heavy (non-hydrogen) atoms. The third-order valence-electron chi connectivity index (χ3n) is 2.52. The van der Waals surface area contributed by atoms with E-state index < -0.39 is 4.92 Å². The molecule has 102 valence electrons. The van der Waals surface area contributed by atoms with Gasteiger partial charge < -0.3 is 5.32 Å². The quantitative estimate of drug-likeness (QED) is 0.477. The highest BCUT2D eigenvalue weighted by Crippen LogP contribution is 2.27. The molecule has 0 atom stereocenters. The molecule has 1 amide bonds. The van der Waals surface area contributed by atoms with Gasteiger partial charge in [-0.25, -0.2) is 0 Å². The first kappa shape index (κ1) is 14.7. The molecule has 0 heterocycles. The van der Waals surface area contributed by atoms with Crippen LogP contribution in [0.4, 0.5) is 11.4 Å². The summed E-state index contributed by atoms with van der Waals surface area (Å²) in [5.74, 6) is -0.327. The third-order valence-corrected chi connectivity index (χ3v) is 3.78. The predicted octanol–water partition coefficient (Wildman–Crippen LogP) is 4.11. The fourth-order valence-corrected chi connectivity index (χ4v) is 2.39. The van der Waals surface area contributed by atoms with Gasteiger partial charge >= 0.3 is 0 Å². The molecule has 0 fully saturated rings. The number of halogens is 2. The van der Waals surface area contributed by atoms with Gasteiger partial charge in [0.2, 0.25) is 0 Å². The number of nitro benzene ring substituents is 1. The Morgan fingerprint density at radius 2 is 1.95 bits per heavy atom. The topological polar surface area (TPSA) is 72.2 Å². The Morgan fingerprint density at radius 1 is 1.25 bits per heavy atom. The van der Waals surface area contributed by atoms with E-state index >= 15 is 0 Å². The van der Waals surface area contributed by atoms with Gasteiger partial charge in [-0.15, -0.1) is 0 Å². The first-order valence-electron chi connectivity index (χ1n) is 5.49. The van der Waals surface area contributed by atoms with Crippen molar-refractivity contribution in [3.63, 3.8) is 0 Å². The normalized spacial score (nSPS) is 10.1. The Bertz CT molecular complexity index is 691. The van der Waals surface area contributed by atoms with Gasteiger partial charge in [0.1, 0.15) is 5.02 Å². The summed E-state index contributed by atoms with van der Waals surface area (Å²) >= 11 is 7.77. The van der Waals surface area contributed by atoms with Gasteiger partial charge in [-0.3, -0.25) is 14.9 Å². The van der Waals surface area contributed by atoms with Gasteiger partial charge in [0.25, 0.3) is 11.6 Å². The number of nitrogens with one attached hydrogen (secondary N) is 1. The number of nitro groups is 1. The van der Waals surface area contributed by atoms with E-state index in [4.69, 9.17) is 11.6 Å². The molecule has 7 heteroatoms. The van der Waals surface area contributed by atoms with E-state index in [1.807, 2.05) is 6.07 Å². The molecule has 2 aromatic rings. The molecule has 0 aliphatic heterocycles. The zero-order chi connectivity index (χ0) is 14.7. The van der Waals surface area contributed by atoms with E-state index in [0.29, 0.717) is 11.3 Å². The summed E-state index contributed by atoms with van der Waals surface area (Å²) < 4.78 is 0.797. The lowest BCUT2D eigenvalue weighted by molar-refractivity contribution is -0.384. The third kappa shape index (κ3) is 3.26. The lowest BCUT2D eigenvalue weighted by atomic mass is 10.2. The Labute approximate surface area is 133 Å². The van der Waals surface area contributed by atoms with E-state index in [2.05, 4.69) is 27.9 Å². The van der Waals surface area contributed by atoms with Crippen molar-refractivity contribution in [3.05, 3.63) is 66.7 Å². The molecule has 0 spiro atoms. The monoisotopic (exact) mass is 402 g/mol. The fraction of sp³-hybridized carbons (Fsp3) is 0. The van der Waals surface area contributed by atoms with Crippen molar-refractivity contribution in [2.24, 2.45) is 0 Å². The minimum Gasteiger partial charge on any atom is -0.322 e. The fourth-order valence-electron chi connectivity index (χ4n) is 1.57. The van der Waals surface area contributed by atoms with E-state index in [1.165, 1.54) is 18.2 Å². The molecule has 2 rings (SSSR count). The smallest absolute Gasteiger partial charge is 0.289 e. The zero-order valence-corrected chi connectivity index (χ0v) is 12.9. The molecule has 0 aliphatic carbocycles. The maximum absolute atomic E-state index is 12.1. The maximum Gasteiger partial charge on any atom is 0.289 e. The van der Waals surface area contributed by atoms with Gasteiger partial charge in [0, 0.05) is 15.3 Å². The van der Waals surface area contributed by atoms with Crippen molar-refractivity contribution in [2.75, 3.05) is 5.32 Å². The summed E-state index contributed by atoms with van der Waals surface area (Å²) in [5.41, 5.74) is 0.587. The van der Waals surface area contributed by atoms with Crippen LogP contribution >= 0.6 is 34.2 Å². The number of carbonyl (C=O) groups is 1. The molecule has 5 nitrogen and oxygen atoms in total. The molecule has 0 saturated carbocycles. The largest absolute Gasteiger partial charge is 0.322 e. The zero-order valence-electron chi connectivity index (χ0n) is 9.97. The summed E-state index contributed by atoms with van der Waals surface area (Å²) in [6, 6.07) is 11.2. The minimum absolute atomic E-state index is 0.0299. The number of carbonyl (C=O) groups excluding carboxylic acids is 1. The number of benzene rings is 2. The van der Waals surface area contributed by atoms with Crippen LogP contribution in [0.2, 0.25) is 5.02 Å². The SMILES string of the molecule is O=C(Nc1ccc(Cl)c([N+](=O)[O-])c1)c1ccccc1I. The number of nitrogens with zero attached hydrogens (tertiary/aromatic N) is 1. The average Bonchev–Trinajstić information content (AvgIpc) is 2.41. The molecule has 0 aromatic heterocycles. The molecular weight excluding hydrogens is 395 g/mol. The summed E-state index contributed by atoms with van der Waals surface area (Å²) in [7, 11) is 0. The Hall–Kier alpha value is -1.67. The van der Waals surface area contributed by atoms with Crippen molar-refractivity contribution in [2.45, 2.75) is 0 Å². The van der Waals surface area contributed by atoms with Crippen LogP contribution in [0.15, 0.2) is 42.5 Å². The van der Waals surface area contributed by atoms with Gasteiger partial charge in [-0.05, 0) is 46.9 Å². The second-order valence-electron chi connectivity index (χ2n) is 3.86. The number of anilines is 1. The van der Waals surface area contributed by atoms with Crippen molar-refractivity contribution in [3.8, 4) is 0 Å². The summed E-state index contributed by atoms with van der Waals surface area (Å²) in [5, 5.41) is 13.4. The lowest BCUT2D eigenvalue weighted by Gasteiger charge is -2.07.